The number of anilines is 1. The zero-order valence-electron chi connectivity index (χ0n) is 15.4. The molecule has 1 aliphatic carbocycles. The first-order chi connectivity index (χ1) is 13.5. The topological polar surface area (TPSA) is 63.7 Å². The Morgan fingerprint density at radius 2 is 1.68 bits per heavy atom. The van der Waals surface area contributed by atoms with E-state index in [4.69, 9.17) is 4.74 Å². The second kappa shape index (κ2) is 7.51. The van der Waals surface area contributed by atoms with Crippen LogP contribution in [0.15, 0.2) is 53.0 Å². The maximum Gasteiger partial charge on any atom is 0.344 e. The van der Waals surface area contributed by atoms with Crippen molar-refractivity contribution in [1.82, 2.24) is 0 Å². The van der Waals surface area contributed by atoms with Crippen molar-refractivity contribution in [2.24, 2.45) is 17.8 Å². The molecule has 2 aromatic carbocycles. The van der Waals surface area contributed by atoms with Gasteiger partial charge >= 0.3 is 5.97 Å². The maximum absolute atomic E-state index is 12.8. The van der Waals surface area contributed by atoms with Crippen molar-refractivity contribution in [1.29, 1.82) is 0 Å². The molecular formula is C22H20BrNO4. The lowest BCUT2D eigenvalue weighted by molar-refractivity contribution is -0.122. The number of halogens is 1. The predicted octanol–water partition coefficient (Wildman–Crippen LogP) is 4.59. The van der Waals surface area contributed by atoms with E-state index in [-0.39, 0.29) is 23.7 Å². The number of nitrogens with zero attached hydrogens (tertiary/aromatic N) is 1. The Hall–Kier alpha value is -2.47. The van der Waals surface area contributed by atoms with Crippen LogP contribution in [0.2, 0.25) is 0 Å². The van der Waals surface area contributed by atoms with Crippen LogP contribution in [0.3, 0.4) is 0 Å². The molecule has 0 aromatic heterocycles. The van der Waals surface area contributed by atoms with Crippen LogP contribution < -0.4 is 9.64 Å². The van der Waals surface area contributed by atoms with E-state index in [1.807, 2.05) is 6.07 Å². The number of carbonyl (C=O) groups is 3. The van der Waals surface area contributed by atoms with E-state index in [1.165, 1.54) is 4.90 Å². The van der Waals surface area contributed by atoms with Crippen LogP contribution in [0, 0.1) is 17.8 Å². The highest BCUT2D eigenvalue weighted by atomic mass is 79.9. The summed E-state index contributed by atoms with van der Waals surface area (Å²) in [5.41, 5.74) is 0.951. The first kappa shape index (κ1) is 18.9. The van der Waals surface area contributed by atoms with Gasteiger partial charge < -0.3 is 4.74 Å². The number of fused-ring (bicyclic) bond motifs is 1. The molecule has 2 amide bonds. The smallest absolute Gasteiger partial charge is 0.344 e. The van der Waals surface area contributed by atoms with Gasteiger partial charge in [-0.3, -0.25) is 14.5 Å². The molecule has 28 heavy (non-hydrogen) atoms. The van der Waals surface area contributed by atoms with Gasteiger partial charge in [-0.05, 0) is 77.5 Å². The van der Waals surface area contributed by atoms with Crippen LogP contribution in [0.4, 0.5) is 5.69 Å². The van der Waals surface area contributed by atoms with E-state index in [0.717, 1.165) is 19.3 Å². The monoisotopic (exact) mass is 441 g/mol. The Balaban J connectivity index is 1.51. The first-order valence-corrected chi connectivity index (χ1v) is 10.2. The molecular weight excluding hydrogens is 422 g/mol. The van der Waals surface area contributed by atoms with Gasteiger partial charge in [-0.2, -0.15) is 0 Å². The molecule has 2 fully saturated rings. The van der Waals surface area contributed by atoms with E-state index < -0.39 is 5.97 Å². The van der Waals surface area contributed by atoms with Crippen LogP contribution in [-0.2, 0) is 9.59 Å². The van der Waals surface area contributed by atoms with Gasteiger partial charge in [0.15, 0.2) is 0 Å². The van der Waals surface area contributed by atoms with Gasteiger partial charge in [-0.1, -0.05) is 19.1 Å². The number of hydrogen-bond acceptors (Lipinski definition) is 4. The molecule has 144 valence electrons. The molecule has 5 nitrogen and oxygen atoms in total. The first-order valence-electron chi connectivity index (χ1n) is 9.40. The van der Waals surface area contributed by atoms with Crippen LogP contribution >= 0.6 is 15.9 Å². The molecule has 0 N–H and O–H groups in total. The molecule has 1 saturated carbocycles. The number of carbonyl (C=O) groups excluding carboxylic acids is 3. The highest BCUT2D eigenvalue weighted by Gasteiger charge is 2.49. The minimum atomic E-state index is -0.478. The van der Waals surface area contributed by atoms with Gasteiger partial charge in [0.2, 0.25) is 11.8 Å². The van der Waals surface area contributed by atoms with Crippen LogP contribution in [0.5, 0.6) is 5.75 Å². The molecule has 2 aliphatic rings. The van der Waals surface area contributed by atoms with Crippen molar-refractivity contribution in [3.8, 4) is 5.75 Å². The largest absolute Gasteiger partial charge is 0.423 e. The van der Waals surface area contributed by atoms with Gasteiger partial charge in [-0.15, -0.1) is 0 Å². The third kappa shape index (κ3) is 3.37. The summed E-state index contributed by atoms with van der Waals surface area (Å²) < 4.78 is 6.06. The Labute approximate surface area is 171 Å². The molecule has 6 heteroatoms. The Morgan fingerprint density at radius 3 is 2.39 bits per heavy atom. The summed E-state index contributed by atoms with van der Waals surface area (Å²) in [5.74, 6) is -0.277. The summed E-state index contributed by atoms with van der Waals surface area (Å²) in [6.45, 7) is 2.13. The van der Waals surface area contributed by atoms with Gasteiger partial charge in [-0.25, -0.2) is 4.79 Å². The summed E-state index contributed by atoms with van der Waals surface area (Å²) in [5, 5.41) is 0. The minimum Gasteiger partial charge on any atom is -0.423 e. The highest BCUT2D eigenvalue weighted by molar-refractivity contribution is 9.10. The van der Waals surface area contributed by atoms with Gasteiger partial charge in [0, 0.05) is 4.47 Å². The normalized spacial score (nSPS) is 24.2. The Kier molecular flexibility index (Phi) is 5.06. The quantitative estimate of drug-likeness (QED) is 0.396. The lowest BCUT2D eigenvalue weighted by atomic mass is 9.76. The third-order valence-corrected chi connectivity index (χ3v) is 6.28. The van der Waals surface area contributed by atoms with Crippen molar-refractivity contribution in [3.05, 3.63) is 58.6 Å². The van der Waals surface area contributed by atoms with Crippen molar-refractivity contribution < 1.29 is 19.1 Å². The lowest BCUT2D eigenvalue weighted by Crippen LogP contribution is -2.30. The lowest BCUT2D eigenvalue weighted by Gasteiger charge is -2.25. The number of esters is 1. The average Bonchev–Trinajstić information content (AvgIpc) is 2.93. The molecule has 1 heterocycles. The average molecular weight is 442 g/mol. The van der Waals surface area contributed by atoms with E-state index in [2.05, 4.69) is 22.9 Å². The molecule has 2 aromatic rings. The summed E-state index contributed by atoms with van der Waals surface area (Å²) in [7, 11) is 0. The van der Waals surface area contributed by atoms with Crippen molar-refractivity contribution in [2.45, 2.75) is 26.2 Å². The van der Waals surface area contributed by atoms with Crippen molar-refractivity contribution >= 4 is 39.4 Å². The summed E-state index contributed by atoms with van der Waals surface area (Å²) in [6, 6.07) is 13.5. The minimum absolute atomic E-state index is 0.111. The second-order valence-corrected chi connectivity index (χ2v) is 8.36. The SMILES string of the molecule is C[C@@H]1CC[C@@H]2C(=O)N(c3ccc(OC(=O)c4ccccc4Br)cc3)C(=O)[C@H]2C1. The molecule has 1 aliphatic heterocycles. The molecule has 0 bridgehead atoms. The Bertz CT molecular complexity index is 940. The highest BCUT2D eigenvalue weighted by Crippen LogP contribution is 2.42. The van der Waals surface area contributed by atoms with Crippen molar-refractivity contribution in [3.63, 3.8) is 0 Å². The zero-order chi connectivity index (χ0) is 19.8. The molecule has 1 saturated heterocycles. The third-order valence-electron chi connectivity index (χ3n) is 5.59. The number of hydrogen-bond donors (Lipinski definition) is 0. The summed E-state index contributed by atoms with van der Waals surface area (Å²) in [4.78, 5) is 39.2. The van der Waals surface area contributed by atoms with E-state index in [1.54, 1.807) is 42.5 Å². The fourth-order valence-corrected chi connectivity index (χ4v) is 4.54. The van der Waals surface area contributed by atoms with E-state index >= 15 is 0 Å². The number of benzene rings is 2. The molecule has 0 radical (unpaired) electrons. The number of amides is 2. The van der Waals surface area contributed by atoms with Crippen LogP contribution in [0.25, 0.3) is 0 Å². The van der Waals surface area contributed by atoms with Gasteiger partial charge in [0.05, 0.1) is 23.1 Å². The fraction of sp³-hybridized carbons (Fsp3) is 0.318. The standard InChI is InChI=1S/C22H20BrNO4/c1-13-6-11-16-18(12-13)21(26)24(20(16)25)14-7-9-15(10-8-14)28-22(27)17-4-2-3-5-19(17)23/h2-5,7-10,13,16,18H,6,11-12H2,1H3/t13-,16+,18+/m1/s1. The van der Waals surface area contributed by atoms with Crippen LogP contribution in [-0.4, -0.2) is 17.8 Å². The Morgan fingerprint density at radius 1 is 1.00 bits per heavy atom. The fourth-order valence-electron chi connectivity index (χ4n) is 4.10. The van der Waals surface area contributed by atoms with Gasteiger partial charge in [0.1, 0.15) is 5.75 Å². The molecule has 0 spiro atoms. The summed E-state index contributed by atoms with van der Waals surface area (Å²) >= 11 is 3.33. The van der Waals surface area contributed by atoms with Crippen molar-refractivity contribution in [2.75, 3.05) is 4.90 Å². The molecule has 4 rings (SSSR count). The number of rotatable bonds is 3. The second-order valence-electron chi connectivity index (χ2n) is 7.51. The van der Waals surface area contributed by atoms with E-state index in [9.17, 15) is 14.4 Å². The molecule has 0 unspecified atom stereocenters. The predicted molar refractivity (Wildman–Crippen MR) is 108 cm³/mol. The van der Waals surface area contributed by atoms with Gasteiger partial charge in [0.25, 0.3) is 0 Å². The van der Waals surface area contributed by atoms with E-state index in [0.29, 0.717) is 27.4 Å². The zero-order valence-corrected chi connectivity index (χ0v) is 17.0. The number of imide groups is 1. The maximum atomic E-state index is 12.8. The summed E-state index contributed by atoms with van der Waals surface area (Å²) in [6.07, 6.45) is 2.53. The number of ether oxygens (including phenoxy) is 1. The molecule has 3 atom stereocenters. The van der Waals surface area contributed by atoms with Crippen LogP contribution in [0.1, 0.15) is 36.5 Å².